The molecule has 1 atom stereocenters. The van der Waals surface area contributed by atoms with Crippen LogP contribution < -0.4 is 4.74 Å². The minimum atomic E-state index is -0.201. The van der Waals surface area contributed by atoms with Crippen LogP contribution in [0.4, 0.5) is 4.39 Å². The first-order valence-corrected chi connectivity index (χ1v) is 10.5. The van der Waals surface area contributed by atoms with Crippen molar-refractivity contribution in [1.82, 2.24) is 4.90 Å². The van der Waals surface area contributed by atoms with E-state index in [1.54, 1.807) is 12.1 Å². The average molecular weight is 397 g/mol. The van der Waals surface area contributed by atoms with Crippen LogP contribution in [-0.2, 0) is 22.5 Å². The molecule has 1 amide bonds. The summed E-state index contributed by atoms with van der Waals surface area (Å²) in [5.41, 5.74) is 1.70. The van der Waals surface area contributed by atoms with E-state index in [1.165, 1.54) is 6.07 Å². The lowest BCUT2D eigenvalue weighted by Crippen LogP contribution is -2.37. The van der Waals surface area contributed by atoms with Crippen molar-refractivity contribution in [3.8, 4) is 5.75 Å². The van der Waals surface area contributed by atoms with Gasteiger partial charge in [0.2, 0.25) is 5.91 Å². The quantitative estimate of drug-likeness (QED) is 0.631. The highest BCUT2D eigenvalue weighted by Gasteiger charge is 2.34. The first-order valence-electron chi connectivity index (χ1n) is 10.5. The SMILES string of the molecule is O=C(C1CC1)N(Cc1cccc(OCCc2ccccc2F)c1)C[C@@H]1CCCO1. The highest BCUT2D eigenvalue weighted by atomic mass is 19.1. The number of carbonyl (C=O) groups excluding carboxylic acids is 1. The molecule has 4 nitrogen and oxygen atoms in total. The van der Waals surface area contributed by atoms with Crippen molar-refractivity contribution < 1.29 is 18.7 Å². The zero-order valence-corrected chi connectivity index (χ0v) is 16.7. The summed E-state index contributed by atoms with van der Waals surface area (Å²) in [5.74, 6) is 0.978. The molecule has 0 unspecified atom stereocenters. The summed E-state index contributed by atoms with van der Waals surface area (Å²) in [7, 11) is 0. The molecule has 1 heterocycles. The zero-order valence-electron chi connectivity index (χ0n) is 16.7. The second kappa shape index (κ2) is 9.40. The van der Waals surface area contributed by atoms with Gasteiger partial charge in [-0.25, -0.2) is 4.39 Å². The number of halogens is 1. The average Bonchev–Trinajstić information content (AvgIpc) is 3.45. The lowest BCUT2D eigenvalue weighted by molar-refractivity contribution is -0.134. The Kier molecular flexibility index (Phi) is 6.45. The Morgan fingerprint density at radius 2 is 2.00 bits per heavy atom. The highest BCUT2D eigenvalue weighted by Crippen LogP contribution is 2.32. The maximum Gasteiger partial charge on any atom is 0.226 e. The van der Waals surface area contributed by atoms with Gasteiger partial charge in [0, 0.05) is 32.0 Å². The third kappa shape index (κ3) is 5.57. The Bertz CT molecular complexity index is 830. The topological polar surface area (TPSA) is 38.8 Å². The van der Waals surface area contributed by atoms with Crippen molar-refractivity contribution in [2.24, 2.45) is 5.92 Å². The lowest BCUT2D eigenvalue weighted by Gasteiger charge is -2.26. The van der Waals surface area contributed by atoms with Crippen LogP contribution >= 0.6 is 0 Å². The number of carbonyl (C=O) groups is 1. The van der Waals surface area contributed by atoms with Gasteiger partial charge in [0.15, 0.2) is 0 Å². The summed E-state index contributed by atoms with van der Waals surface area (Å²) in [6.07, 6.45) is 4.76. The molecule has 4 rings (SSSR count). The highest BCUT2D eigenvalue weighted by molar-refractivity contribution is 5.81. The molecule has 2 aromatic rings. The van der Waals surface area contributed by atoms with E-state index in [9.17, 15) is 9.18 Å². The van der Waals surface area contributed by atoms with Gasteiger partial charge in [-0.15, -0.1) is 0 Å². The Hall–Kier alpha value is -2.40. The smallest absolute Gasteiger partial charge is 0.226 e. The van der Waals surface area contributed by atoms with Crippen LogP contribution in [0.1, 0.15) is 36.8 Å². The minimum Gasteiger partial charge on any atom is -0.493 e. The maximum absolute atomic E-state index is 13.7. The van der Waals surface area contributed by atoms with E-state index in [0.29, 0.717) is 31.7 Å². The number of benzene rings is 2. The fourth-order valence-electron chi connectivity index (χ4n) is 3.79. The molecule has 1 saturated heterocycles. The normalized spacial score (nSPS) is 18.6. The summed E-state index contributed by atoms with van der Waals surface area (Å²) in [4.78, 5) is 14.7. The molecule has 5 heteroatoms. The third-order valence-corrected chi connectivity index (χ3v) is 5.56. The number of amides is 1. The standard InChI is InChI=1S/C24H28FNO3/c25-23-9-2-1-6-19(23)12-14-29-21-7-3-5-18(15-21)16-26(24(27)20-10-11-20)17-22-8-4-13-28-22/h1-3,5-7,9,15,20,22H,4,8,10-14,16-17H2/t22-/m0/s1. The fraction of sp³-hybridized carbons (Fsp3) is 0.458. The van der Waals surface area contributed by atoms with Crippen LogP contribution in [0, 0.1) is 11.7 Å². The largest absolute Gasteiger partial charge is 0.493 e. The molecule has 154 valence electrons. The number of hydrogen-bond donors (Lipinski definition) is 0. The Morgan fingerprint density at radius 1 is 1.14 bits per heavy atom. The summed E-state index contributed by atoms with van der Waals surface area (Å²) in [6.45, 7) is 2.43. The monoisotopic (exact) mass is 397 g/mol. The number of hydrogen-bond acceptors (Lipinski definition) is 3. The molecule has 29 heavy (non-hydrogen) atoms. The molecule has 2 aliphatic rings. The number of rotatable bonds is 9. The molecular formula is C24H28FNO3. The minimum absolute atomic E-state index is 0.151. The Morgan fingerprint density at radius 3 is 2.76 bits per heavy atom. The van der Waals surface area contributed by atoms with E-state index in [-0.39, 0.29) is 23.7 Å². The third-order valence-electron chi connectivity index (χ3n) is 5.56. The van der Waals surface area contributed by atoms with Crippen LogP contribution in [0.3, 0.4) is 0 Å². The van der Waals surface area contributed by atoms with E-state index < -0.39 is 0 Å². The van der Waals surface area contributed by atoms with Crippen molar-refractivity contribution in [2.75, 3.05) is 19.8 Å². The van der Waals surface area contributed by atoms with Crippen molar-refractivity contribution in [2.45, 2.75) is 44.8 Å². The van der Waals surface area contributed by atoms with Gasteiger partial charge in [-0.1, -0.05) is 30.3 Å². The lowest BCUT2D eigenvalue weighted by atomic mass is 10.1. The van der Waals surface area contributed by atoms with Gasteiger partial charge in [0.05, 0.1) is 12.7 Å². The fourth-order valence-corrected chi connectivity index (χ4v) is 3.79. The van der Waals surface area contributed by atoms with Gasteiger partial charge in [0.25, 0.3) is 0 Å². The molecule has 0 spiro atoms. The van der Waals surface area contributed by atoms with Crippen LogP contribution in [-0.4, -0.2) is 36.7 Å². The molecule has 2 fully saturated rings. The van der Waals surface area contributed by atoms with Crippen molar-refractivity contribution in [1.29, 1.82) is 0 Å². The molecular weight excluding hydrogens is 369 g/mol. The maximum atomic E-state index is 13.7. The second-order valence-corrected chi connectivity index (χ2v) is 7.97. The molecule has 1 aliphatic heterocycles. The molecule has 0 bridgehead atoms. The number of ether oxygens (including phenoxy) is 2. The van der Waals surface area contributed by atoms with Gasteiger partial charge in [0.1, 0.15) is 11.6 Å². The van der Waals surface area contributed by atoms with Gasteiger partial charge < -0.3 is 14.4 Å². The summed E-state index contributed by atoms with van der Waals surface area (Å²) in [6, 6.07) is 14.6. The summed E-state index contributed by atoms with van der Waals surface area (Å²) >= 11 is 0. The van der Waals surface area contributed by atoms with E-state index in [2.05, 4.69) is 0 Å². The zero-order chi connectivity index (χ0) is 20.1. The van der Waals surface area contributed by atoms with E-state index in [0.717, 1.165) is 43.6 Å². The van der Waals surface area contributed by atoms with Gasteiger partial charge in [-0.2, -0.15) is 0 Å². The first-order chi connectivity index (χ1) is 14.2. The van der Waals surface area contributed by atoms with E-state index in [1.807, 2.05) is 35.2 Å². The van der Waals surface area contributed by atoms with Gasteiger partial charge in [-0.05, 0) is 55.0 Å². The molecule has 0 N–H and O–H groups in total. The van der Waals surface area contributed by atoms with Gasteiger partial charge >= 0.3 is 0 Å². The first kappa shape index (κ1) is 19.9. The second-order valence-electron chi connectivity index (χ2n) is 7.97. The van der Waals surface area contributed by atoms with Crippen LogP contribution in [0.25, 0.3) is 0 Å². The van der Waals surface area contributed by atoms with Crippen LogP contribution in [0.15, 0.2) is 48.5 Å². The summed E-state index contributed by atoms with van der Waals surface area (Å²) in [5, 5.41) is 0. The van der Waals surface area contributed by atoms with E-state index in [4.69, 9.17) is 9.47 Å². The molecule has 2 aromatic carbocycles. The predicted octanol–water partition coefficient (Wildman–Crippen LogP) is 4.36. The van der Waals surface area contributed by atoms with Crippen molar-refractivity contribution >= 4 is 5.91 Å². The molecule has 0 radical (unpaired) electrons. The van der Waals surface area contributed by atoms with Crippen molar-refractivity contribution in [3.63, 3.8) is 0 Å². The van der Waals surface area contributed by atoms with Crippen molar-refractivity contribution in [3.05, 3.63) is 65.5 Å². The van der Waals surface area contributed by atoms with Crippen LogP contribution in [0.5, 0.6) is 5.75 Å². The van der Waals surface area contributed by atoms with Crippen LogP contribution in [0.2, 0.25) is 0 Å². The summed E-state index contributed by atoms with van der Waals surface area (Å²) < 4.78 is 25.3. The molecule has 1 aliphatic carbocycles. The predicted molar refractivity (Wildman–Crippen MR) is 109 cm³/mol. The van der Waals surface area contributed by atoms with E-state index >= 15 is 0 Å². The molecule has 0 aromatic heterocycles. The number of nitrogens with zero attached hydrogens (tertiary/aromatic N) is 1. The molecule has 1 saturated carbocycles. The van der Waals surface area contributed by atoms with Gasteiger partial charge in [-0.3, -0.25) is 4.79 Å². The Balaban J connectivity index is 1.35. The Labute approximate surface area is 171 Å².